The molecule has 0 radical (unpaired) electrons. The Kier molecular flexibility index (Phi) is 4.11. The van der Waals surface area contributed by atoms with E-state index in [0.29, 0.717) is 39.6 Å². The molecular formula is C8H14O6. The lowest BCUT2D eigenvalue weighted by Crippen LogP contribution is -2.36. The lowest BCUT2D eigenvalue weighted by molar-refractivity contribution is -0.454. The topological polar surface area (TPSA) is 55.4 Å². The van der Waals surface area contributed by atoms with E-state index in [1.54, 1.807) is 0 Å². The highest BCUT2D eigenvalue weighted by Crippen LogP contribution is 2.07. The average Bonchev–Trinajstić information content (AvgIpc) is 2.29. The first-order valence-electron chi connectivity index (χ1n) is 4.66. The molecule has 0 unspecified atom stereocenters. The number of hydrogen-bond acceptors (Lipinski definition) is 6. The molecular weight excluding hydrogens is 192 g/mol. The minimum atomic E-state index is -0.464. The molecule has 2 aliphatic rings. The van der Waals surface area contributed by atoms with E-state index in [9.17, 15) is 0 Å². The third-order valence-corrected chi connectivity index (χ3v) is 1.84. The Hall–Kier alpha value is -0.240. The predicted octanol–water partition coefficient (Wildman–Crippen LogP) is -0.320. The molecule has 0 aromatic carbocycles. The second-order valence-corrected chi connectivity index (χ2v) is 2.94. The Labute approximate surface area is 81.9 Å². The van der Waals surface area contributed by atoms with Gasteiger partial charge in [-0.15, -0.1) is 0 Å². The zero-order chi connectivity index (χ0) is 9.64. The van der Waals surface area contributed by atoms with Crippen molar-refractivity contribution in [2.75, 3.05) is 39.6 Å². The van der Waals surface area contributed by atoms with E-state index < -0.39 is 12.6 Å². The monoisotopic (exact) mass is 206 g/mol. The minimum Gasteiger partial charge on any atom is -0.374 e. The quantitative estimate of drug-likeness (QED) is 0.466. The van der Waals surface area contributed by atoms with Crippen LogP contribution in [0.25, 0.3) is 0 Å². The van der Waals surface area contributed by atoms with Crippen molar-refractivity contribution in [2.45, 2.75) is 12.6 Å². The molecule has 14 heavy (non-hydrogen) atoms. The molecule has 0 spiro atoms. The van der Waals surface area contributed by atoms with E-state index in [0.717, 1.165) is 0 Å². The van der Waals surface area contributed by atoms with Crippen LogP contribution in [0.15, 0.2) is 0 Å². The third-order valence-electron chi connectivity index (χ3n) is 1.84. The van der Waals surface area contributed by atoms with Crippen molar-refractivity contribution >= 4 is 0 Å². The molecule has 6 nitrogen and oxygen atoms in total. The van der Waals surface area contributed by atoms with E-state index in [1.165, 1.54) is 0 Å². The fraction of sp³-hybridized carbons (Fsp3) is 1.00. The zero-order valence-corrected chi connectivity index (χ0v) is 7.85. The molecule has 0 aliphatic carbocycles. The van der Waals surface area contributed by atoms with Crippen LogP contribution in [0.1, 0.15) is 0 Å². The van der Waals surface area contributed by atoms with Gasteiger partial charge in [-0.25, -0.2) is 0 Å². The van der Waals surface area contributed by atoms with E-state index in [-0.39, 0.29) is 0 Å². The van der Waals surface area contributed by atoms with E-state index in [1.807, 2.05) is 0 Å². The molecule has 2 saturated heterocycles. The first-order valence-corrected chi connectivity index (χ1v) is 4.66. The van der Waals surface area contributed by atoms with Crippen LogP contribution < -0.4 is 0 Å². The summed E-state index contributed by atoms with van der Waals surface area (Å²) in [6, 6.07) is 0. The van der Waals surface area contributed by atoms with Crippen LogP contribution in [0.4, 0.5) is 0 Å². The summed E-state index contributed by atoms with van der Waals surface area (Å²) in [4.78, 5) is 9.94. The van der Waals surface area contributed by atoms with Crippen LogP contribution in [0.5, 0.6) is 0 Å². The summed E-state index contributed by atoms with van der Waals surface area (Å²) in [6.07, 6.45) is -0.927. The average molecular weight is 206 g/mol. The zero-order valence-electron chi connectivity index (χ0n) is 7.85. The number of ether oxygens (including phenoxy) is 4. The number of hydrogen-bond donors (Lipinski definition) is 0. The van der Waals surface area contributed by atoms with Gasteiger partial charge in [-0.05, 0) is 0 Å². The summed E-state index contributed by atoms with van der Waals surface area (Å²) in [5.74, 6) is 0. The molecule has 2 atom stereocenters. The van der Waals surface area contributed by atoms with Gasteiger partial charge >= 0.3 is 0 Å². The van der Waals surface area contributed by atoms with Crippen LogP contribution in [0, 0.1) is 0 Å². The molecule has 6 heteroatoms. The third kappa shape index (κ3) is 3.16. The van der Waals surface area contributed by atoms with E-state index >= 15 is 0 Å². The van der Waals surface area contributed by atoms with Gasteiger partial charge in [0.25, 0.3) is 0 Å². The molecule has 0 aromatic rings. The largest absolute Gasteiger partial charge is 0.374 e. The Morgan fingerprint density at radius 1 is 0.714 bits per heavy atom. The van der Waals surface area contributed by atoms with Gasteiger partial charge < -0.3 is 18.9 Å². The molecule has 2 fully saturated rings. The van der Waals surface area contributed by atoms with Crippen molar-refractivity contribution in [1.29, 1.82) is 0 Å². The van der Waals surface area contributed by atoms with Gasteiger partial charge in [0.1, 0.15) is 13.2 Å². The maximum Gasteiger partial charge on any atom is 0.215 e. The predicted molar refractivity (Wildman–Crippen MR) is 43.3 cm³/mol. The Balaban J connectivity index is 1.60. The first kappa shape index (κ1) is 10.3. The van der Waals surface area contributed by atoms with Crippen molar-refractivity contribution in [3.63, 3.8) is 0 Å². The summed E-state index contributed by atoms with van der Waals surface area (Å²) in [7, 11) is 0. The van der Waals surface area contributed by atoms with Crippen LogP contribution >= 0.6 is 0 Å². The SMILES string of the molecule is C1CO[C@H](OO[C@@H]2COCCO2)CO1. The van der Waals surface area contributed by atoms with Gasteiger partial charge in [-0.1, -0.05) is 0 Å². The molecule has 82 valence electrons. The standard InChI is InChI=1S/C8H14O6/c1-3-11-7(5-9-1)13-14-8-6-10-2-4-12-8/h7-8H,1-6H2/t7-,8-/m1/s1. The highest BCUT2D eigenvalue weighted by atomic mass is 17.2. The lowest BCUT2D eigenvalue weighted by Gasteiger charge is -2.26. The number of rotatable bonds is 3. The molecule has 2 heterocycles. The Morgan fingerprint density at radius 3 is 1.57 bits per heavy atom. The van der Waals surface area contributed by atoms with Crippen LogP contribution in [0.2, 0.25) is 0 Å². The van der Waals surface area contributed by atoms with Gasteiger partial charge in [-0.3, -0.25) is 0 Å². The summed E-state index contributed by atoms with van der Waals surface area (Å²) in [5, 5.41) is 0. The lowest BCUT2D eigenvalue weighted by atomic mass is 10.6. The fourth-order valence-corrected chi connectivity index (χ4v) is 1.17. The second-order valence-electron chi connectivity index (χ2n) is 2.94. The molecule has 2 aliphatic heterocycles. The van der Waals surface area contributed by atoms with Gasteiger partial charge in [-0.2, -0.15) is 9.78 Å². The molecule has 0 saturated carbocycles. The highest BCUT2D eigenvalue weighted by molar-refractivity contribution is 4.48. The maximum absolute atomic E-state index is 5.20. The molecule has 0 bridgehead atoms. The summed E-state index contributed by atoms with van der Waals surface area (Å²) in [6.45, 7) is 3.01. The molecule has 2 rings (SSSR count). The van der Waals surface area contributed by atoms with Gasteiger partial charge in [0.2, 0.25) is 12.6 Å². The molecule has 0 N–H and O–H groups in total. The Morgan fingerprint density at radius 2 is 1.21 bits per heavy atom. The highest BCUT2D eigenvalue weighted by Gasteiger charge is 2.21. The van der Waals surface area contributed by atoms with Crippen molar-refractivity contribution in [3.8, 4) is 0 Å². The second kappa shape index (κ2) is 5.59. The fourth-order valence-electron chi connectivity index (χ4n) is 1.17. The van der Waals surface area contributed by atoms with Crippen LogP contribution in [-0.4, -0.2) is 52.2 Å². The molecule has 0 aromatic heterocycles. The van der Waals surface area contributed by atoms with Crippen molar-refractivity contribution < 1.29 is 28.7 Å². The van der Waals surface area contributed by atoms with Crippen LogP contribution in [-0.2, 0) is 28.7 Å². The van der Waals surface area contributed by atoms with E-state index in [4.69, 9.17) is 28.7 Å². The minimum absolute atomic E-state index is 0.383. The summed E-state index contributed by atoms with van der Waals surface area (Å²) < 4.78 is 20.6. The van der Waals surface area contributed by atoms with Gasteiger partial charge in [0, 0.05) is 0 Å². The summed E-state index contributed by atoms with van der Waals surface area (Å²) >= 11 is 0. The smallest absolute Gasteiger partial charge is 0.215 e. The van der Waals surface area contributed by atoms with Crippen molar-refractivity contribution in [3.05, 3.63) is 0 Å². The van der Waals surface area contributed by atoms with Gasteiger partial charge in [0.15, 0.2) is 0 Å². The van der Waals surface area contributed by atoms with Gasteiger partial charge in [0.05, 0.1) is 26.4 Å². The van der Waals surface area contributed by atoms with Crippen molar-refractivity contribution in [1.82, 2.24) is 0 Å². The molecule has 0 amide bonds. The maximum atomic E-state index is 5.20. The normalized spacial score (nSPS) is 34.3. The van der Waals surface area contributed by atoms with E-state index in [2.05, 4.69) is 0 Å². The van der Waals surface area contributed by atoms with Crippen molar-refractivity contribution in [2.24, 2.45) is 0 Å². The Bertz CT molecular complexity index is 134. The first-order chi connectivity index (χ1) is 6.95. The summed E-state index contributed by atoms with van der Waals surface area (Å²) in [5.41, 5.74) is 0. The van der Waals surface area contributed by atoms with Crippen LogP contribution in [0.3, 0.4) is 0 Å².